The number of carbonyl (C=O) groups excluding carboxylic acids is 1. The normalized spacial score (nSPS) is 11.1. The highest BCUT2D eigenvalue weighted by molar-refractivity contribution is 5.98. The van der Waals surface area contributed by atoms with Crippen molar-refractivity contribution in [2.75, 3.05) is 0 Å². The van der Waals surface area contributed by atoms with Crippen LogP contribution in [0.15, 0.2) is 23.0 Å². The highest BCUT2D eigenvalue weighted by Crippen LogP contribution is 2.14. The van der Waals surface area contributed by atoms with Crippen LogP contribution in [-0.2, 0) is 0 Å². The third-order valence-electron chi connectivity index (χ3n) is 3.85. The van der Waals surface area contributed by atoms with Gasteiger partial charge in [-0.15, -0.1) is 0 Å². The Hall–Kier alpha value is -1.84. The number of fused-ring (bicyclic) bond motifs is 1. The van der Waals surface area contributed by atoms with E-state index in [9.17, 15) is 9.59 Å². The van der Waals surface area contributed by atoms with Crippen LogP contribution in [0.3, 0.4) is 0 Å². The van der Waals surface area contributed by atoms with Crippen molar-refractivity contribution in [2.45, 2.75) is 58.3 Å². The zero-order valence-corrected chi connectivity index (χ0v) is 12.7. The van der Waals surface area contributed by atoms with Gasteiger partial charge in [-0.3, -0.25) is 4.79 Å². The smallest absolute Gasteiger partial charge is 0.306 e. The van der Waals surface area contributed by atoms with Gasteiger partial charge in [-0.2, -0.15) is 0 Å². The number of aromatic nitrogens is 2. The first-order chi connectivity index (χ1) is 10.2. The Morgan fingerprint density at radius 2 is 1.62 bits per heavy atom. The summed E-state index contributed by atoms with van der Waals surface area (Å²) in [7, 11) is 0. The molecule has 0 saturated carbocycles. The van der Waals surface area contributed by atoms with Gasteiger partial charge in [0.1, 0.15) is 0 Å². The number of aromatic amines is 2. The number of imidazole rings is 1. The van der Waals surface area contributed by atoms with E-state index in [1.165, 1.54) is 32.1 Å². The molecular formula is C17H24N2O2. The summed E-state index contributed by atoms with van der Waals surface area (Å²) in [6.07, 6.45) is 9.05. The maximum absolute atomic E-state index is 12.1. The van der Waals surface area contributed by atoms with Gasteiger partial charge in [0.2, 0.25) is 0 Å². The molecule has 2 N–H and O–H groups in total. The molecule has 0 aliphatic rings. The van der Waals surface area contributed by atoms with Crippen molar-refractivity contribution < 1.29 is 4.79 Å². The fraction of sp³-hybridized carbons (Fsp3) is 0.529. The Balaban J connectivity index is 1.78. The zero-order chi connectivity index (χ0) is 15.1. The summed E-state index contributed by atoms with van der Waals surface area (Å²) in [4.78, 5) is 28.7. The van der Waals surface area contributed by atoms with E-state index in [0.29, 0.717) is 17.5 Å². The molecule has 2 aromatic rings. The highest BCUT2D eigenvalue weighted by atomic mass is 16.1. The van der Waals surface area contributed by atoms with E-state index in [1.807, 2.05) is 0 Å². The van der Waals surface area contributed by atoms with E-state index in [0.717, 1.165) is 18.4 Å². The van der Waals surface area contributed by atoms with E-state index in [1.54, 1.807) is 18.2 Å². The van der Waals surface area contributed by atoms with Crippen LogP contribution in [0.5, 0.6) is 0 Å². The highest BCUT2D eigenvalue weighted by Gasteiger charge is 2.07. The molecule has 4 nitrogen and oxygen atoms in total. The van der Waals surface area contributed by atoms with Crippen LogP contribution in [-0.4, -0.2) is 15.8 Å². The molecule has 4 heteroatoms. The van der Waals surface area contributed by atoms with Gasteiger partial charge < -0.3 is 9.97 Å². The van der Waals surface area contributed by atoms with E-state index < -0.39 is 0 Å². The Bertz CT molecular complexity index is 640. The topological polar surface area (TPSA) is 65.7 Å². The van der Waals surface area contributed by atoms with Crippen molar-refractivity contribution in [3.8, 4) is 0 Å². The number of nitrogens with one attached hydrogen (secondary N) is 2. The third-order valence-corrected chi connectivity index (χ3v) is 3.85. The summed E-state index contributed by atoms with van der Waals surface area (Å²) in [6.45, 7) is 2.22. The molecule has 0 atom stereocenters. The van der Waals surface area contributed by atoms with Crippen molar-refractivity contribution in [3.05, 3.63) is 34.2 Å². The minimum Gasteiger partial charge on any atom is -0.306 e. The van der Waals surface area contributed by atoms with Crippen molar-refractivity contribution in [1.29, 1.82) is 0 Å². The lowest BCUT2D eigenvalue weighted by atomic mass is 10.0. The summed E-state index contributed by atoms with van der Waals surface area (Å²) in [5.41, 5.74) is 1.89. The molecule has 0 spiro atoms. The molecule has 21 heavy (non-hydrogen) atoms. The van der Waals surface area contributed by atoms with Crippen molar-refractivity contribution >= 4 is 16.8 Å². The minimum absolute atomic E-state index is 0.160. The molecule has 2 rings (SSSR count). The number of carbonyl (C=O) groups is 1. The number of H-pyrrole nitrogens is 2. The molecule has 0 bridgehead atoms. The van der Waals surface area contributed by atoms with Crippen LogP contribution in [0.2, 0.25) is 0 Å². The second-order valence-corrected chi connectivity index (χ2v) is 5.63. The quantitative estimate of drug-likeness (QED) is 0.537. The maximum Gasteiger partial charge on any atom is 0.323 e. The molecule has 0 saturated heterocycles. The molecular weight excluding hydrogens is 264 g/mol. The summed E-state index contributed by atoms with van der Waals surface area (Å²) in [5.74, 6) is 0.160. The predicted molar refractivity (Wildman–Crippen MR) is 85.9 cm³/mol. The molecule has 114 valence electrons. The average molecular weight is 288 g/mol. The lowest BCUT2D eigenvalue weighted by Crippen LogP contribution is -1.99. The largest absolute Gasteiger partial charge is 0.323 e. The average Bonchev–Trinajstić information content (AvgIpc) is 2.85. The number of hydrogen-bond acceptors (Lipinski definition) is 2. The van der Waals surface area contributed by atoms with E-state index >= 15 is 0 Å². The van der Waals surface area contributed by atoms with Gasteiger partial charge in [0, 0.05) is 12.0 Å². The number of rotatable bonds is 9. The monoisotopic (exact) mass is 288 g/mol. The zero-order valence-electron chi connectivity index (χ0n) is 12.7. The molecule has 1 heterocycles. The van der Waals surface area contributed by atoms with Crippen molar-refractivity contribution in [1.82, 2.24) is 9.97 Å². The van der Waals surface area contributed by atoms with Gasteiger partial charge in [0.15, 0.2) is 5.78 Å². The second-order valence-electron chi connectivity index (χ2n) is 5.63. The lowest BCUT2D eigenvalue weighted by Gasteiger charge is -2.02. The Morgan fingerprint density at radius 1 is 0.952 bits per heavy atom. The number of ketones is 1. The number of Topliss-reactive ketones (excluding diaryl/α,β-unsaturated/α-hetero) is 1. The van der Waals surface area contributed by atoms with Crippen LogP contribution >= 0.6 is 0 Å². The Kier molecular flexibility index (Phi) is 5.78. The fourth-order valence-electron chi connectivity index (χ4n) is 2.59. The van der Waals surface area contributed by atoms with Gasteiger partial charge in [0.05, 0.1) is 11.0 Å². The van der Waals surface area contributed by atoms with Gasteiger partial charge in [-0.05, 0) is 24.6 Å². The molecule has 0 unspecified atom stereocenters. The molecule has 1 aromatic carbocycles. The first-order valence-corrected chi connectivity index (χ1v) is 7.96. The summed E-state index contributed by atoms with van der Waals surface area (Å²) in [5, 5.41) is 0. The summed E-state index contributed by atoms with van der Waals surface area (Å²) >= 11 is 0. The van der Waals surface area contributed by atoms with Crippen molar-refractivity contribution in [2.24, 2.45) is 0 Å². The van der Waals surface area contributed by atoms with Crippen LogP contribution < -0.4 is 5.69 Å². The standard InChI is InChI=1S/C17H24N2O2/c1-2-3-4-5-6-7-8-9-16(20)13-10-11-14-15(12-13)19-17(21)18-14/h10-12H,2-9H2,1H3,(H2,18,19,21). The van der Waals surface area contributed by atoms with E-state index in [-0.39, 0.29) is 11.5 Å². The van der Waals surface area contributed by atoms with Crippen LogP contribution in [0.25, 0.3) is 11.0 Å². The van der Waals surface area contributed by atoms with Crippen molar-refractivity contribution in [3.63, 3.8) is 0 Å². The van der Waals surface area contributed by atoms with Crippen LogP contribution in [0, 0.1) is 0 Å². The summed E-state index contributed by atoms with van der Waals surface area (Å²) in [6, 6.07) is 5.33. The van der Waals surface area contributed by atoms with Gasteiger partial charge in [0.25, 0.3) is 0 Å². The minimum atomic E-state index is -0.235. The van der Waals surface area contributed by atoms with Crippen LogP contribution in [0.4, 0.5) is 0 Å². The second kappa shape index (κ2) is 7.81. The van der Waals surface area contributed by atoms with Crippen LogP contribution in [0.1, 0.15) is 68.6 Å². The SMILES string of the molecule is CCCCCCCCCC(=O)c1ccc2[nH]c(=O)[nH]c2c1. The number of hydrogen-bond donors (Lipinski definition) is 2. The molecule has 0 aliphatic carbocycles. The first-order valence-electron chi connectivity index (χ1n) is 7.96. The maximum atomic E-state index is 12.1. The number of benzene rings is 1. The van der Waals surface area contributed by atoms with Gasteiger partial charge in [-0.25, -0.2) is 4.79 Å². The van der Waals surface area contributed by atoms with Gasteiger partial charge >= 0.3 is 5.69 Å². The molecule has 0 amide bonds. The molecule has 0 aliphatic heterocycles. The molecule has 0 radical (unpaired) electrons. The fourth-order valence-corrected chi connectivity index (χ4v) is 2.59. The first kappa shape index (κ1) is 15.5. The Morgan fingerprint density at radius 3 is 2.38 bits per heavy atom. The Labute approximate surface area is 125 Å². The lowest BCUT2D eigenvalue weighted by molar-refractivity contribution is 0.0979. The molecule has 1 aromatic heterocycles. The summed E-state index contributed by atoms with van der Waals surface area (Å²) < 4.78 is 0. The van der Waals surface area contributed by atoms with Gasteiger partial charge in [-0.1, -0.05) is 45.4 Å². The van der Waals surface area contributed by atoms with E-state index in [2.05, 4.69) is 16.9 Å². The number of unbranched alkanes of at least 4 members (excludes halogenated alkanes) is 6. The predicted octanol–water partition coefficient (Wildman–Crippen LogP) is 4.18. The third kappa shape index (κ3) is 4.59. The van der Waals surface area contributed by atoms with E-state index in [4.69, 9.17) is 0 Å². The molecule has 0 fully saturated rings.